The third-order valence-corrected chi connectivity index (χ3v) is 6.67. The lowest BCUT2D eigenvalue weighted by Gasteiger charge is -2.17. The predicted molar refractivity (Wildman–Crippen MR) is 109 cm³/mol. The predicted octanol–water partition coefficient (Wildman–Crippen LogP) is 4.43. The van der Waals surface area contributed by atoms with Crippen LogP contribution in [0.2, 0.25) is 5.02 Å². The van der Waals surface area contributed by atoms with Crippen molar-refractivity contribution in [3.63, 3.8) is 0 Å². The largest absolute Gasteiger partial charge is 0.322 e. The topological polar surface area (TPSA) is 75.3 Å². The quantitative estimate of drug-likeness (QED) is 0.694. The third kappa shape index (κ3) is 4.94. The first-order valence-electron chi connectivity index (χ1n) is 9.15. The first kappa shape index (κ1) is 21.7. The van der Waals surface area contributed by atoms with Crippen LogP contribution >= 0.6 is 11.6 Å². The van der Waals surface area contributed by atoms with Crippen LogP contribution in [0.15, 0.2) is 30.3 Å². The van der Waals surface area contributed by atoms with Crippen molar-refractivity contribution < 1.29 is 22.0 Å². The van der Waals surface area contributed by atoms with Crippen LogP contribution in [-0.4, -0.2) is 20.1 Å². The van der Waals surface area contributed by atoms with E-state index in [-0.39, 0.29) is 27.8 Å². The van der Waals surface area contributed by atoms with Gasteiger partial charge in [0.05, 0.1) is 16.8 Å². The van der Waals surface area contributed by atoms with E-state index in [1.54, 1.807) is 13.8 Å². The Hall–Kier alpha value is -2.03. The highest BCUT2D eigenvalue weighted by atomic mass is 35.5. The molecule has 1 unspecified atom stereocenters. The van der Waals surface area contributed by atoms with Gasteiger partial charge in [0.1, 0.15) is 11.6 Å². The molecule has 29 heavy (non-hydrogen) atoms. The molecule has 0 spiro atoms. The second kappa shape index (κ2) is 8.38. The maximum absolute atomic E-state index is 14.5. The summed E-state index contributed by atoms with van der Waals surface area (Å²) in [5, 5.41) is 2.48. The van der Waals surface area contributed by atoms with Gasteiger partial charge in [-0.2, -0.15) is 0 Å². The minimum Gasteiger partial charge on any atom is -0.322 e. The SMILES string of the molecule is CC(C)CS(=O)(=O)NC1CCc2c(C(=O)Nc3ccc(F)c(Cl)c3)ccc(F)c21. The van der Waals surface area contributed by atoms with Crippen molar-refractivity contribution in [2.75, 3.05) is 11.1 Å². The van der Waals surface area contributed by atoms with Crippen molar-refractivity contribution in [3.05, 3.63) is 63.7 Å². The molecule has 1 aliphatic rings. The normalized spacial score (nSPS) is 16.1. The van der Waals surface area contributed by atoms with Crippen LogP contribution in [0.3, 0.4) is 0 Å². The molecule has 0 saturated carbocycles. The summed E-state index contributed by atoms with van der Waals surface area (Å²) in [5.41, 5.74) is 1.20. The number of hydrogen-bond donors (Lipinski definition) is 2. The highest BCUT2D eigenvalue weighted by Crippen LogP contribution is 2.36. The second-order valence-corrected chi connectivity index (χ2v) is 9.66. The molecule has 2 aromatic carbocycles. The molecule has 0 saturated heterocycles. The minimum atomic E-state index is -3.58. The molecule has 1 amide bonds. The molecule has 3 rings (SSSR count). The average Bonchev–Trinajstić information content (AvgIpc) is 3.01. The maximum Gasteiger partial charge on any atom is 0.255 e. The standard InChI is InChI=1S/C20H21ClF2N2O3S/c1-11(2)10-29(27,28)25-18-8-5-13-14(4-7-17(23)19(13)18)20(26)24-12-3-6-16(22)15(21)9-12/h3-4,6-7,9,11,18,25H,5,8,10H2,1-2H3,(H,24,26). The van der Waals surface area contributed by atoms with Crippen LogP contribution in [0, 0.1) is 17.6 Å². The molecular weight excluding hydrogens is 422 g/mol. The molecule has 1 atom stereocenters. The molecule has 0 bridgehead atoms. The van der Waals surface area contributed by atoms with E-state index in [4.69, 9.17) is 11.6 Å². The van der Waals surface area contributed by atoms with Crippen LogP contribution < -0.4 is 10.0 Å². The van der Waals surface area contributed by atoms with E-state index in [0.29, 0.717) is 24.1 Å². The summed E-state index contributed by atoms with van der Waals surface area (Å²) < 4.78 is 54.9. The lowest BCUT2D eigenvalue weighted by Crippen LogP contribution is -2.31. The zero-order chi connectivity index (χ0) is 21.3. The third-order valence-electron chi connectivity index (χ3n) is 4.63. The number of anilines is 1. The Bertz CT molecular complexity index is 1060. The fourth-order valence-electron chi connectivity index (χ4n) is 3.52. The molecule has 0 radical (unpaired) electrons. The highest BCUT2D eigenvalue weighted by molar-refractivity contribution is 7.89. The Kier molecular flexibility index (Phi) is 6.26. The van der Waals surface area contributed by atoms with Gasteiger partial charge in [-0.25, -0.2) is 21.9 Å². The van der Waals surface area contributed by atoms with Crippen molar-refractivity contribution in [2.24, 2.45) is 5.92 Å². The van der Waals surface area contributed by atoms with E-state index in [1.807, 2.05) is 0 Å². The number of carbonyl (C=O) groups is 1. The Morgan fingerprint density at radius 3 is 2.55 bits per heavy atom. The number of hydrogen-bond acceptors (Lipinski definition) is 3. The zero-order valence-electron chi connectivity index (χ0n) is 15.9. The summed E-state index contributed by atoms with van der Waals surface area (Å²) in [6, 6.07) is 5.57. The van der Waals surface area contributed by atoms with Crippen LogP contribution in [0.25, 0.3) is 0 Å². The van der Waals surface area contributed by atoms with Crippen LogP contribution in [0.4, 0.5) is 14.5 Å². The fourth-order valence-corrected chi connectivity index (χ4v) is 5.35. The number of fused-ring (bicyclic) bond motifs is 1. The van der Waals surface area contributed by atoms with Crippen molar-refractivity contribution in [1.29, 1.82) is 0 Å². The average molecular weight is 443 g/mol. The zero-order valence-corrected chi connectivity index (χ0v) is 17.5. The summed E-state index contributed by atoms with van der Waals surface area (Å²) in [6.07, 6.45) is 0.713. The van der Waals surface area contributed by atoms with Gasteiger partial charge in [-0.05, 0) is 54.7 Å². The van der Waals surface area contributed by atoms with Gasteiger partial charge in [0.25, 0.3) is 5.91 Å². The van der Waals surface area contributed by atoms with Crippen molar-refractivity contribution >= 4 is 33.2 Å². The number of sulfonamides is 1. The van der Waals surface area contributed by atoms with Gasteiger partial charge in [0.2, 0.25) is 10.0 Å². The summed E-state index contributed by atoms with van der Waals surface area (Å²) in [4.78, 5) is 12.7. The molecular formula is C20H21ClF2N2O3S. The first-order valence-corrected chi connectivity index (χ1v) is 11.2. The molecule has 2 N–H and O–H groups in total. The summed E-state index contributed by atoms with van der Waals surface area (Å²) in [5.74, 6) is -1.81. The molecule has 9 heteroatoms. The number of halogens is 3. The van der Waals surface area contributed by atoms with Gasteiger partial charge < -0.3 is 5.32 Å². The molecule has 156 valence electrons. The van der Waals surface area contributed by atoms with Crippen LogP contribution in [0.1, 0.15) is 47.8 Å². The van der Waals surface area contributed by atoms with E-state index < -0.39 is 33.6 Å². The molecule has 0 aliphatic heterocycles. The van der Waals surface area contributed by atoms with Gasteiger partial charge in [-0.3, -0.25) is 4.79 Å². The Balaban J connectivity index is 1.87. The first-order chi connectivity index (χ1) is 13.6. The second-order valence-electron chi connectivity index (χ2n) is 7.45. The van der Waals surface area contributed by atoms with Crippen molar-refractivity contribution in [1.82, 2.24) is 4.72 Å². The van der Waals surface area contributed by atoms with E-state index in [0.717, 1.165) is 12.1 Å². The Labute approximate surface area is 173 Å². The lowest BCUT2D eigenvalue weighted by atomic mass is 10.0. The van der Waals surface area contributed by atoms with Gasteiger partial charge in [0.15, 0.2) is 0 Å². The van der Waals surface area contributed by atoms with E-state index in [2.05, 4.69) is 10.0 Å². The molecule has 1 aliphatic carbocycles. The fraction of sp³-hybridized carbons (Fsp3) is 0.350. The number of rotatable bonds is 6. The van der Waals surface area contributed by atoms with Crippen LogP contribution in [-0.2, 0) is 16.4 Å². The van der Waals surface area contributed by atoms with Crippen LogP contribution in [0.5, 0.6) is 0 Å². The van der Waals surface area contributed by atoms with Gasteiger partial charge in [-0.1, -0.05) is 25.4 Å². The minimum absolute atomic E-state index is 0.0635. The molecule has 0 aromatic heterocycles. The number of nitrogens with one attached hydrogen (secondary N) is 2. The molecule has 0 fully saturated rings. The highest BCUT2D eigenvalue weighted by Gasteiger charge is 2.32. The number of benzene rings is 2. The van der Waals surface area contributed by atoms with Gasteiger partial charge >= 0.3 is 0 Å². The lowest BCUT2D eigenvalue weighted by molar-refractivity contribution is 0.102. The Morgan fingerprint density at radius 2 is 1.90 bits per heavy atom. The molecule has 2 aromatic rings. The molecule has 5 nitrogen and oxygen atoms in total. The monoisotopic (exact) mass is 442 g/mol. The van der Waals surface area contributed by atoms with Crippen molar-refractivity contribution in [2.45, 2.75) is 32.7 Å². The smallest absolute Gasteiger partial charge is 0.255 e. The summed E-state index contributed by atoms with van der Waals surface area (Å²) in [7, 11) is -3.58. The maximum atomic E-state index is 14.5. The van der Waals surface area contributed by atoms with E-state index in [9.17, 15) is 22.0 Å². The summed E-state index contributed by atoms with van der Waals surface area (Å²) >= 11 is 5.73. The molecule has 0 heterocycles. The van der Waals surface area contributed by atoms with Gasteiger partial charge in [0, 0.05) is 16.8 Å². The number of amides is 1. The number of carbonyl (C=O) groups excluding carboxylic acids is 1. The summed E-state index contributed by atoms with van der Waals surface area (Å²) in [6.45, 7) is 3.57. The van der Waals surface area contributed by atoms with Gasteiger partial charge in [-0.15, -0.1) is 0 Å². The van der Waals surface area contributed by atoms with E-state index >= 15 is 0 Å². The Morgan fingerprint density at radius 1 is 1.21 bits per heavy atom. The van der Waals surface area contributed by atoms with Crippen molar-refractivity contribution in [3.8, 4) is 0 Å². The van der Waals surface area contributed by atoms with E-state index in [1.165, 1.54) is 18.2 Å².